The molecule has 2 heterocycles. The number of nitrogens with one attached hydrogen (secondary N) is 1. The van der Waals surface area contributed by atoms with E-state index in [-0.39, 0.29) is 16.3 Å². The van der Waals surface area contributed by atoms with Gasteiger partial charge in [0.1, 0.15) is 11.6 Å². The van der Waals surface area contributed by atoms with Gasteiger partial charge in [0, 0.05) is 16.7 Å². The van der Waals surface area contributed by atoms with Gasteiger partial charge in [0.05, 0.1) is 16.3 Å². The lowest BCUT2D eigenvalue weighted by molar-refractivity contribution is -0.137. The average molecular weight is 397 g/mol. The fourth-order valence-electron chi connectivity index (χ4n) is 2.23. The smallest absolute Gasteiger partial charge is 0.384 e. The second kappa shape index (κ2) is 7.43. The predicted octanol–water partition coefficient (Wildman–Crippen LogP) is 5.52. The van der Waals surface area contributed by atoms with Crippen LogP contribution in [0.3, 0.4) is 0 Å². The summed E-state index contributed by atoms with van der Waals surface area (Å²) in [6.45, 7) is 0. The molecular weight excluding hydrogens is 385 g/mol. The van der Waals surface area contributed by atoms with Crippen LogP contribution in [0.15, 0.2) is 59.6 Å². The van der Waals surface area contributed by atoms with E-state index in [2.05, 4.69) is 14.7 Å². The van der Waals surface area contributed by atoms with Gasteiger partial charge >= 0.3 is 6.18 Å². The third kappa shape index (κ3) is 4.20. The first-order valence-corrected chi connectivity index (χ1v) is 8.51. The summed E-state index contributed by atoms with van der Waals surface area (Å²) in [6.07, 6.45) is -2.95. The lowest BCUT2D eigenvalue weighted by Crippen LogP contribution is -2.07. The number of nitrogens with zero attached hydrogens (tertiary/aromatic N) is 2. The maximum absolute atomic E-state index is 13.3. The highest BCUT2D eigenvalue weighted by Crippen LogP contribution is 2.39. The van der Waals surface area contributed by atoms with Crippen molar-refractivity contribution in [3.05, 3.63) is 65.3 Å². The van der Waals surface area contributed by atoms with Crippen molar-refractivity contribution in [3.63, 3.8) is 0 Å². The van der Waals surface area contributed by atoms with Gasteiger partial charge in [-0.2, -0.15) is 13.2 Å². The number of aromatic nitrogens is 2. The van der Waals surface area contributed by atoms with Crippen LogP contribution in [0.5, 0.6) is 0 Å². The van der Waals surface area contributed by atoms with Gasteiger partial charge in [-0.25, -0.2) is 9.97 Å². The standard InChI is InChI=1S/C17H12ClF3N4S/c18-13-5-6-15(25-26-10-7-8-23-14(22)9-10)24-16(13)11-3-1-2-4-12(11)17(19,20)21/h1-9H,(H2,22,23)(H,24,25). The van der Waals surface area contributed by atoms with Gasteiger partial charge in [-0.15, -0.1) is 0 Å². The minimum atomic E-state index is -4.51. The summed E-state index contributed by atoms with van der Waals surface area (Å²) in [5.41, 5.74) is 4.80. The molecule has 0 aliphatic heterocycles. The zero-order valence-electron chi connectivity index (χ0n) is 13.1. The highest BCUT2D eigenvalue weighted by Gasteiger charge is 2.34. The third-order valence-electron chi connectivity index (χ3n) is 3.36. The average Bonchev–Trinajstić information content (AvgIpc) is 2.60. The van der Waals surface area contributed by atoms with Crippen molar-refractivity contribution < 1.29 is 13.2 Å². The quantitative estimate of drug-likeness (QED) is 0.569. The zero-order chi connectivity index (χ0) is 18.7. The highest BCUT2D eigenvalue weighted by molar-refractivity contribution is 8.00. The van der Waals surface area contributed by atoms with Gasteiger partial charge in [-0.3, -0.25) is 0 Å². The first kappa shape index (κ1) is 18.3. The molecule has 0 aliphatic carbocycles. The van der Waals surface area contributed by atoms with Gasteiger partial charge < -0.3 is 10.5 Å². The van der Waals surface area contributed by atoms with Crippen LogP contribution in [-0.4, -0.2) is 9.97 Å². The van der Waals surface area contributed by atoms with Crippen molar-refractivity contribution in [1.82, 2.24) is 9.97 Å². The number of anilines is 2. The molecule has 4 nitrogen and oxygen atoms in total. The molecule has 0 radical (unpaired) electrons. The normalized spacial score (nSPS) is 11.4. The monoisotopic (exact) mass is 396 g/mol. The summed E-state index contributed by atoms with van der Waals surface area (Å²) in [7, 11) is 0. The number of nitrogens with two attached hydrogens (primary N) is 1. The van der Waals surface area contributed by atoms with Crippen molar-refractivity contribution in [2.45, 2.75) is 11.1 Å². The van der Waals surface area contributed by atoms with Crippen molar-refractivity contribution in [1.29, 1.82) is 0 Å². The molecule has 0 bridgehead atoms. The second-order valence-corrected chi connectivity index (χ2v) is 6.48. The molecule has 2 aromatic heterocycles. The van der Waals surface area contributed by atoms with Crippen LogP contribution in [0, 0.1) is 0 Å². The molecule has 9 heteroatoms. The molecule has 0 atom stereocenters. The number of alkyl halides is 3. The molecule has 0 saturated carbocycles. The Morgan fingerprint density at radius 1 is 1.08 bits per heavy atom. The van der Waals surface area contributed by atoms with Crippen LogP contribution >= 0.6 is 23.5 Å². The molecule has 134 valence electrons. The van der Waals surface area contributed by atoms with Crippen molar-refractivity contribution in [2.24, 2.45) is 0 Å². The van der Waals surface area contributed by atoms with Crippen molar-refractivity contribution in [2.75, 3.05) is 10.5 Å². The number of hydrogen-bond donors (Lipinski definition) is 2. The van der Waals surface area contributed by atoms with Crippen LogP contribution in [0.2, 0.25) is 5.02 Å². The van der Waals surface area contributed by atoms with Crippen LogP contribution in [0.1, 0.15) is 5.56 Å². The molecule has 0 amide bonds. The number of rotatable bonds is 4. The van der Waals surface area contributed by atoms with E-state index in [4.69, 9.17) is 17.3 Å². The number of halogens is 4. The largest absolute Gasteiger partial charge is 0.417 e. The van der Waals surface area contributed by atoms with Gasteiger partial charge in [0.2, 0.25) is 0 Å². The lowest BCUT2D eigenvalue weighted by Gasteiger charge is -2.14. The molecule has 0 unspecified atom stereocenters. The molecular formula is C17H12ClF3N4S. The fourth-order valence-corrected chi connectivity index (χ4v) is 3.08. The molecule has 1 aromatic carbocycles. The minimum absolute atomic E-state index is 0.0550. The highest BCUT2D eigenvalue weighted by atomic mass is 35.5. The summed E-state index contributed by atoms with van der Waals surface area (Å²) in [5.74, 6) is 0.724. The number of hydrogen-bond acceptors (Lipinski definition) is 5. The third-order valence-corrected chi connectivity index (χ3v) is 4.47. The minimum Gasteiger partial charge on any atom is -0.384 e. The van der Waals surface area contributed by atoms with E-state index in [1.807, 2.05) is 0 Å². The number of nitrogen functional groups attached to an aromatic ring is 1. The second-order valence-electron chi connectivity index (χ2n) is 5.19. The molecule has 0 saturated heterocycles. The zero-order valence-corrected chi connectivity index (χ0v) is 14.7. The Morgan fingerprint density at radius 3 is 2.58 bits per heavy atom. The van der Waals surface area contributed by atoms with E-state index >= 15 is 0 Å². The number of benzene rings is 1. The van der Waals surface area contributed by atoms with Crippen LogP contribution < -0.4 is 10.5 Å². The Hall–Kier alpha value is -2.45. The van der Waals surface area contributed by atoms with Gasteiger partial charge in [-0.1, -0.05) is 29.8 Å². The SMILES string of the molecule is Nc1cc(SNc2ccc(Cl)c(-c3ccccc3C(F)(F)F)n2)ccn1. The van der Waals surface area contributed by atoms with E-state index in [1.165, 1.54) is 36.2 Å². The molecule has 3 N–H and O–H groups in total. The van der Waals surface area contributed by atoms with E-state index in [9.17, 15) is 13.2 Å². The Labute approximate surface area is 156 Å². The molecule has 3 rings (SSSR count). The molecule has 3 aromatic rings. The maximum Gasteiger partial charge on any atom is 0.417 e. The number of pyridine rings is 2. The molecule has 0 fully saturated rings. The Bertz CT molecular complexity index is 934. The van der Waals surface area contributed by atoms with Gasteiger partial charge in [0.15, 0.2) is 0 Å². The summed E-state index contributed by atoms with van der Waals surface area (Å²) >= 11 is 7.31. The first-order valence-electron chi connectivity index (χ1n) is 7.32. The summed E-state index contributed by atoms with van der Waals surface area (Å²) < 4.78 is 42.8. The summed E-state index contributed by atoms with van der Waals surface area (Å²) in [5, 5.41) is 0.130. The van der Waals surface area contributed by atoms with Gasteiger partial charge in [0.25, 0.3) is 0 Å². The Kier molecular flexibility index (Phi) is 5.24. The lowest BCUT2D eigenvalue weighted by atomic mass is 10.0. The van der Waals surface area contributed by atoms with E-state index < -0.39 is 11.7 Å². The maximum atomic E-state index is 13.3. The fraction of sp³-hybridized carbons (Fsp3) is 0.0588. The molecule has 26 heavy (non-hydrogen) atoms. The molecule has 0 spiro atoms. The van der Waals surface area contributed by atoms with Crippen molar-refractivity contribution >= 4 is 35.2 Å². The van der Waals surface area contributed by atoms with Crippen LogP contribution in [-0.2, 0) is 6.18 Å². The van der Waals surface area contributed by atoms with Gasteiger partial charge in [-0.05, 0) is 42.3 Å². The van der Waals surface area contributed by atoms with E-state index in [0.29, 0.717) is 11.6 Å². The Balaban J connectivity index is 1.92. The summed E-state index contributed by atoms with van der Waals surface area (Å²) in [4.78, 5) is 8.92. The van der Waals surface area contributed by atoms with E-state index in [1.54, 1.807) is 24.4 Å². The Morgan fingerprint density at radius 2 is 1.85 bits per heavy atom. The van der Waals surface area contributed by atoms with Crippen LogP contribution in [0.25, 0.3) is 11.3 Å². The van der Waals surface area contributed by atoms with Crippen molar-refractivity contribution in [3.8, 4) is 11.3 Å². The predicted molar refractivity (Wildman–Crippen MR) is 97.8 cm³/mol. The topological polar surface area (TPSA) is 63.8 Å². The first-order chi connectivity index (χ1) is 12.3. The van der Waals surface area contributed by atoms with E-state index in [0.717, 1.165) is 11.0 Å². The van der Waals surface area contributed by atoms with Crippen LogP contribution in [0.4, 0.5) is 24.8 Å². The summed E-state index contributed by atoms with van der Waals surface area (Å²) in [6, 6.07) is 11.7. The molecule has 0 aliphatic rings.